The molecular formula is C13H26N2O2S. The van der Waals surface area contributed by atoms with Crippen LogP contribution in [-0.2, 0) is 15.6 Å². The summed E-state index contributed by atoms with van der Waals surface area (Å²) >= 11 is 0. The predicted molar refractivity (Wildman–Crippen MR) is 76.0 cm³/mol. The molecule has 0 aromatic carbocycles. The highest BCUT2D eigenvalue weighted by molar-refractivity contribution is 7.85. The van der Waals surface area contributed by atoms with E-state index in [0.29, 0.717) is 17.8 Å². The van der Waals surface area contributed by atoms with Gasteiger partial charge in [0.05, 0.1) is 0 Å². The van der Waals surface area contributed by atoms with Crippen LogP contribution < -0.4 is 10.6 Å². The summed E-state index contributed by atoms with van der Waals surface area (Å²) in [5, 5.41) is 6.27. The van der Waals surface area contributed by atoms with Crippen molar-refractivity contribution in [3.05, 3.63) is 0 Å². The molecule has 1 saturated carbocycles. The maximum atomic E-state index is 11.7. The minimum Gasteiger partial charge on any atom is -0.353 e. The Morgan fingerprint density at radius 1 is 1.39 bits per heavy atom. The summed E-state index contributed by atoms with van der Waals surface area (Å²) in [4.78, 5) is 11.4. The summed E-state index contributed by atoms with van der Waals surface area (Å²) in [5.74, 6) is 0.767. The molecule has 5 heteroatoms. The number of carbonyl (C=O) groups excluding carboxylic acids is 1. The van der Waals surface area contributed by atoms with Crippen molar-refractivity contribution in [3.8, 4) is 0 Å². The van der Waals surface area contributed by atoms with Crippen molar-refractivity contribution in [1.82, 2.24) is 10.6 Å². The molecule has 18 heavy (non-hydrogen) atoms. The maximum Gasteiger partial charge on any atom is 0.232 e. The molecule has 0 aliphatic heterocycles. The van der Waals surface area contributed by atoms with Gasteiger partial charge in [-0.1, -0.05) is 13.8 Å². The van der Waals surface area contributed by atoms with E-state index in [1.807, 2.05) is 0 Å². The Hall–Kier alpha value is -0.420. The maximum absolute atomic E-state index is 11.7. The second kappa shape index (κ2) is 8.64. The van der Waals surface area contributed by atoms with E-state index in [9.17, 15) is 9.00 Å². The summed E-state index contributed by atoms with van der Waals surface area (Å²) in [6.45, 7) is 5.24. The third-order valence-electron chi connectivity index (χ3n) is 3.14. The van der Waals surface area contributed by atoms with Crippen molar-refractivity contribution < 1.29 is 9.00 Å². The van der Waals surface area contributed by atoms with E-state index < -0.39 is 10.8 Å². The van der Waals surface area contributed by atoms with E-state index in [0.717, 1.165) is 38.6 Å². The van der Waals surface area contributed by atoms with Gasteiger partial charge in [0.15, 0.2) is 0 Å². The topological polar surface area (TPSA) is 58.2 Å². The first-order valence-electron chi connectivity index (χ1n) is 7.03. The van der Waals surface area contributed by atoms with Gasteiger partial charge in [-0.15, -0.1) is 0 Å². The molecule has 1 rings (SSSR count). The molecule has 0 saturated heterocycles. The van der Waals surface area contributed by atoms with Crippen molar-refractivity contribution in [3.63, 3.8) is 0 Å². The smallest absolute Gasteiger partial charge is 0.232 e. The van der Waals surface area contributed by atoms with Crippen molar-refractivity contribution in [2.75, 3.05) is 18.1 Å². The number of amides is 1. The quantitative estimate of drug-likeness (QED) is 0.629. The molecule has 106 valence electrons. The van der Waals surface area contributed by atoms with E-state index >= 15 is 0 Å². The van der Waals surface area contributed by atoms with Crippen LogP contribution in [0, 0.1) is 0 Å². The monoisotopic (exact) mass is 274 g/mol. The van der Waals surface area contributed by atoms with Gasteiger partial charge in [0.2, 0.25) is 5.91 Å². The Labute approximate surface area is 113 Å². The zero-order valence-corrected chi connectivity index (χ0v) is 12.4. The van der Waals surface area contributed by atoms with E-state index in [4.69, 9.17) is 0 Å². The molecule has 0 aromatic heterocycles. The van der Waals surface area contributed by atoms with E-state index in [1.165, 1.54) is 0 Å². The fourth-order valence-corrected chi connectivity index (χ4v) is 2.95. The van der Waals surface area contributed by atoms with Crippen molar-refractivity contribution in [1.29, 1.82) is 0 Å². The second-order valence-electron chi connectivity index (χ2n) is 4.94. The summed E-state index contributed by atoms with van der Waals surface area (Å²) < 4.78 is 11.7. The summed E-state index contributed by atoms with van der Waals surface area (Å²) in [6.07, 6.45) is 5.23. The standard InChI is InChI=1S/C13H26N2O2S/c1-3-11(14-4-2)6-5-9-18(17)10-13(16)15-12-7-8-12/h11-12,14H,3-10H2,1-2H3,(H,15,16). The fourth-order valence-electron chi connectivity index (χ4n) is 1.95. The van der Waals surface area contributed by atoms with Gasteiger partial charge in [-0.05, 0) is 38.6 Å². The molecule has 1 aliphatic carbocycles. The third kappa shape index (κ3) is 7.11. The van der Waals surface area contributed by atoms with Crippen molar-refractivity contribution >= 4 is 16.7 Å². The van der Waals surface area contributed by atoms with Gasteiger partial charge >= 0.3 is 0 Å². The van der Waals surface area contributed by atoms with E-state index in [1.54, 1.807) is 0 Å². The highest BCUT2D eigenvalue weighted by Gasteiger charge is 2.23. The summed E-state index contributed by atoms with van der Waals surface area (Å²) in [5.41, 5.74) is 0. The van der Waals surface area contributed by atoms with E-state index in [2.05, 4.69) is 24.5 Å². The van der Waals surface area contributed by atoms with E-state index in [-0.39, 0.29) is 11.7 Å². The van der Waals surface area contributed by atoms with Crippen LogP contribution in [0.2, 0.25) is 0 Å². The van der Waals surface area contributed by atoms with Crippen LogP contribution in [0.25, 0.3) is 0 Å². The first-order chi connectivity index (χ1) is 8.65. The number of hydrogen-bond donors (Lipinski definition) is 2. The number of rotatable bonds is 10. The first kappa shape index (κ1) is 15.6. The molecule has 1 amide bonds. The molecule has 2 N–H and O–H groups in total. The molecule has 4 nitrogen and oxygen atoms in total. The molecule has 2 atom stereocenters. The lowest BCUT2D eigenvalue weighted by molar-refractivity contribution is -0.118. The van der Waals surface area contributed by atoms with Crippen LogP contribution in [0.1, 0.15) is 46.0 Å². The second-order valence-corrected chi connectivity index (χ2v) is 6.51. The van der Waals surface area contributed by atoms with Crippen LogP contribution in [0.4, 0.5) is 0 Å². The van der Waals surface area contributed by atoms with Crippen LogP contribution in [0.15, 0.2) is 0 Å². The van der Waals surface area contributed by atoms with Gasteiger partial charge in [-0.2, -0.15) is 0 Å². The number of carbonyl (C=O) groups is 1. The molecule has 2 unspecified atom stereocenters. The lowest BCUT2D eigenvalue weighted by Crippen LogP contribution is -2.31. The van der Waals surface area contributed by atoms with Crippen molar-refractivity contribution in [2.24, 2.45) is 0 Å². The lowest BCUT2D eigenvalue weighted by Gasteiger charge is -2.15. The normalized spacial score (nSPS) is 18.3. The molecule has 0 bridgehead atoms. The van der Waals surface area contributed by atoms with Gasteiger partial charge < -0.3 is 10.6 Å². The number of hydrogen-bond acceptors (Lipinski definition) is 3. The zero-order valence-electron chi connectivity index (χ0n) is 11.5. The average Bonchev–Trinajstić information content (AvgIpc) is 3.11. The van der Waals surface area contributed by atoms with Gasteiger partial charge in [-0.25, -0.2) is 0 Å². The Bertz CT molecular complexity index is 280. The Kier molecular flexibility index (Phi) is 7.51. The molecule has 0 radical (unpaired) electrons. The Morgan fingerprint density at radius 3 is 2.67 bits per heavy atom. The van der Waals surface area contributed by atoms with Gasteiger partial charge in [0.25, 0.3) is 0 Å². The van der Waals surface area contributed by atoms with Gasteiger partial charge in [0, 0.05) is 28.6 Å². The lowest BCUT2D eigenvalue weighted by atomic mass is 10.1. The van der Waals surface area contributed by atoms with Gasteiger partial charge in [-0.3, -0.25) is 9.00 Å². The SMILES string of the molecule is CCNC(CC)CCCS(=O)CC(=O)NC1CC1. The third-order valence-corrected chi connectivity index (χ3v) is 4.47. The van der Waals surface area contributed by atoms with Gasteiger partial charge in [0.1, 0.15) is 5.75 Å². The number of nitrogens with one attached hydrogen (secondary N) is 2. The van der Waals surface area contributed by atoms with Crippen LogP contribution in [0.3, 0.4) is 0 Å². The molecule has 1 aliphatic rings. The minimum atomic E-state index is -1.00. The zero-order chi connectivity index (χ0) is 13.4. The van der Waals surface area contributed by atoms with Crippen LogP contribution in [0.5, 0.6) is 0 Å². The molecular weight excluding hydrogens is 248 g/mol. The fraction of sp³-hybridized carbons (Fsp3) is 0.923. The van der Waals surface area contributed by atoms with Crippen molar-refractivity contribution in [2.45, 2.75) is 58.0 Å². The average molecular weight is 274 g/mol. The highest BCUT2D eigenvalue weighted by Crippen LogP contribution is 2.18. The molecule has 1 fully saturated rings. The largest absolute Gasteiger partial charge is 0.353 e. The predicted octanol–water partition coefficient (Wildman–Crippen LogP) is 1.18. The first-order valence-corrected chi connectivity index (χ1v) is 8.52. The minimum absolute atomic E-state index is 0.0467. The summed E-state index contributed by atoms with van der Waals surface area (Å²) in [6, 6.07) is 0.889. The molecule has 0 spiro atoms. The van der Waals surface area contributed by atoms with Crippen LogP contribution >= 0.6 is 0 Å². The Morgan fingerprint density at radius 2 is 2.11 bits per heavy atom. The molecule has 0 aromatic rings. The van der Waals surface area contributed by atoms with Crippen LogP contribution in [-0.4, -0.2) is 40.3 Å². The summed E-state index contributed by atoms with van der Waals surface area (Å²) in [7, 11) is -1.00. The Balaban J connectivity index is 2.06. The highest BCUT2D eigenvalue weighted by atomic mass is 32.2. The molecule has 0 heterocycles.